The summed E-state index contributed by atoms with van der Waals surface area (Å²) in [5.74, 6) is -1.18. The Kier molecular flexibility index (Phi) is 4.24. The normalized spacial score (nSPS) is 31.8. The Hall–Kier alpha value is -2.10. The summed E-state index contributed by atoms with van der Waals surface area (Å²) in [6.45, 7) is 1.13. The lowest BCUT2D eigenvalue weighted by atomic mass is 9.98. The van der Waals surface area contributed by atoms with Crippen molar-refractivity contribution in [3.05, 3.63) is 43.3 Å². The fraction of sp³-hybridized carbons (Fsp3) is 0.636. The Morgan fingerprint density at radius 3 is 3.08 bits per heavy atom. The summed E-state index contributed by atoms with van der Waals surface area (Å²) in [7, 11) is -1.94. The predicted octanol–water partition coefficient (Wildman–Crippen LogP) is 0.410. The molecule has 1 N–H and O–H groups in total. The van der Waals surface area contributed by atoms with E-state index in [9.17, 15) is 18.5 Å². The van der Waals surface area contributed by atoms with Gasteiger partial charge >= 0.3 is 13.7 Å². The number of nitrogens with zero attached hydrogens (tertiary/aromatic N) is 4. The number of ether oxygens (including phenoxy) is 2. The van der Waals surface area contributed by atoms with Crippen molar-refractivity contribution < 1.29 is 23.0 Å². The van der Waals surface area contributed by atoms with Gasteiger partial charge < -0.3 is 9.47 Å². The van der Waals surface area contributed by atoms with Crippen LogP contribution in [-0.2, 0) is 18.6 Å². The molecule has 3 rings (SSSR count). The molecule has 11 nitrogen and oxygen atoms in total. The zero-order chi connectivity index (χ0) is 17.5. The molecule has 1 aromatic heterocycles. The van der Waals surface area contributed by atoms with Gasteiger partial charge in [0, 0.05) is 4.91 Å². The highest BCUT2D eigenvalue weighted by Gasteiger charge is 2.63. The molecule has 0 amide bonds. The highest BCUT2D eigenvalue weighted by Crippen LogP contribution is 2.47. The third-order valence-electron chi connectivity index (χ3n) is 3.87. The zero-order valence-corrected chi connectivity index (χ0v) is 13.2. The standard InChI is InChI=1S/C11H11FN5O6P/c1-24(20)22-4-11-3-21-6(7(11)15-16-13)9(23-11)17-2-5(12)8(18)14-10(17)19/h2,6-7,9H,3-4H2,1H3/p+1/t6-,7+,9-,11-/m1/s1. The van der Waals surface area contributed by atoms with Gasteiger partial charge in [-0.25, -0.2) is 4.79 Å². The Morgan fingerprint density at radius 2 is 2.42 bits per heavy atom. The van der Waals surface area contributed by atoms with Crippen LogP contribution in [0.25, 0.3) is 10.4 Å². The summed E-state index contributed by atoms with van der Waals surface area (Å²) >= 11 is 0. The van der Waals surface area contributed by atoms with Crippen molar-refractivity contribution in [3.8, 4) is 0 Å². The first-order valence-corrected chi connectivity index (χ1v) is 8.39. The topological polar surface area (TPSA) is 148 Å². The molecule has 128 valence electrons. The van der Waals surface area contributed by atoms with Gasteiger partial charge in [0.1, 0.15) is 24.4 Å². The van der Waals surface area contributed by atoms with Crippen LogP contribution in [0.3, 0.4) is 0 Å². The maximum Gasteiger partial charge on any atom is 0.504 e. The second kappa shape index (κ2) is 6.08. The monoisotopic (exact) mass is 360 g/mol. The van der Waals surface area contributed by atoms with E-state index >= 15 is 0 Å². The van der Waals surface area contributed by atoms with Crippen LogP contribution in [-0.4, -0.2) is 47.2 Å². The van der Waals surface area contributed by atoms with E-state index in [1.54, 1.807) is 0 Å². The molecule has 1 unspecified atom stereocenters. The van der Waals surface area contributed by atoms with Gasteiger partial charge in [-0.05, 0) is 10.1 Å². The lowest BCUT2D eigenvalue weighted by Gasteiger charge is -2.29. The first kappa shape index (κ1) is 16.7. The highest BCUT2D eigenvalue weighted by molar-refractivity contribution is 7.38. The molecular formula is C11H12FN5O6P+. The number of halogens is 1. The van der Waals surface area contributed by atoms with E-state index in [2.05, 4.69) is 10.0 Å². The lowest BCUT2D eigenvalue weighted by Crippen LogP contribution is -2.44. The molecule has 2 saturated heterocycles. The van der Waals surface area contributed by atoms with Crippen LogP contribution in [0.4, 0.5) is 4.39 Å². The van der Waals surface area contributed by atoms with Crippen LogP contribution in [0, 0.1) is 5.82 Å². The van der Waals surface area contributed by atoms with E-state index in [0.717, 1.165) is 4.57 Å². The molecule has 0 aromatic carbocycles. The van der Waals surface area contributed by atoms with Crippen LogP contribution < -0.4 is 11.2 Å². The molecule has 3 heterocycles. The first-order valence-electron chi connectivity index (χ1n) is 6.76. The molecular weight excluding hydrogens is 348 g/mol. The molecule has 0 aliphatic carbocycles. The molecule has 2 fully saturated rings. The molecule has 2 aliphatic rings. The van der Waals surface area contributed by atoms with Gasteiger partial charge in [0.25, 0.3) is 5.56 Å². The van der Waals surface area contributed by atoms with Gasteiger partial charge in [-0.1, -0.05) is 5.11 Å². The molecule has 2 bridgehead atoms. The summed E-state index contributed by atoms with van der Waals surface area (Å²) in [5, 5.41) is 3.62. The predicted molar refractivity (Wildman–Crippen MR) is 76.3 cm³/mol. The Morgan fingerprint density at radius 1 is 1.67 bits per heavy atom. The zero-order valence-electron chi connectivity index (χ0n) is 12.3. The lowest BCUT2D eigenvalue weighted by molar-refractivity contribution is -0.182. The first-order chi connectivity index (χ1) is 11.4. The number of azide groups is 1. The number of nitrogens with one attached hydrogen (secondary N) is 1. The molecule has 0 saturated carbocycles. The van der Waals surface area contributed by atoms with Gasteiger partial charge in [-0.3, -0.25) is 14.3 Å². The summed E-state index contributed by atoms with van der Waals surface area (Å²) in [6, 6.07) is -0.871. The smallest absolute Gasteiger partial charge is 0.370 e. The van der Waals surface area contributed by atoms with E-state index in [4.69, 9.17) is 19.5 Å². The van der Waals surface area contributed by atoms with E-state index in [-0.39, 0.29) is 13.2 Å². The van der Waals surface area contributed by atoms with Crippen molar-refractivity contribution in [2.24, 2.45) is 5.11 Å². The Bertz CT molecular complexity index is 850. The molecule has 0 spiro atoms. The molecule has 2 aliphatic heterocycles. The van der Waals surface area contributed by atoms with Crippen molar-refractivity contribution in [2.45, 2.75) is 24.0 Å². The number of H-pyrrole nitrogens is 1. The average Bonchev–Trinajstić information content (AvgIpc) is 3.02. The number of aromatic nitrogens is 2. The van der Waals surface area contributed by atoms with Crippen LogP contribution in [0.2, 0.25) is 0 Å². The second-order valence-corrected chi connectivity index (χ2v) is 6.49. The molecule has 0 radical (unpaired) electrons. The molecule has 1 aromatic rings. The van der Waals surface area contributed by atoms with Crippen LogP contribution >= 0.6 is 8.03 Å². The van der Waals surface area contributed by atoms with Crippen molar-refractivity contribution in [1.29, 1.82) is 0 Å². The van der Waals surface area contributed by atoms with E-state index in [1.165, 1.54) is 6.66 Å². The molecule has 5 atom stereocenters. The number of hydrogen-bond donors (Lipinski definition) is 1. The Labute approximate surface area is 133 Å². The maximum atomic E-state index is 13.5. The minimum atomic E-state index is -1.94. The van der Waals surface area contributed by atoms with Crippen molar-refractivity contribution >= 4 is 8.03 Å². The van der Waals surface area contributed by atoms with Gasteiger partial charge in [0.2, 0.25) is 5.82 Å². The molecule has 13 heteroatoms. The van der Waals surface area contributed by atoms with E-state index in [0.29, 0.717) is 6.20 Å². The third-order valence-corrected chi connectivity index (χ3v) is 4.36. The summed E-state index contributed by atoms with van der Waals surface area (Å²) in [4.78, 5) is 27.6. The minimum Gasteiger partial charge on any atom is -0.370 e. The van der Waals surface area contributed by atoms with E-state index < -0.39 is 49.1 Å². The van der Waals surface area contributed by atoms with Crippen LogP contribution in [0.5, 0.6) is 0 Å². The minimum absolute atomic E-state index is 0.0123. The second-order valence-electron chi connectivity index (χ2n) is 5.36. The van der Waals surface area contributed by atoms with Crippen molar-refractivity contribution in [2.75, 3.05) is 19.9 Å². The number of fused-ring (bicyclic) bond motifs is 2. The van der Waals surface area contributed by atoms with Crippen molar-refractivity contribution in [3.63, 3.8) is 0 Å². The maximum absolute atomic E-state index is 13.5. The quantitative estimate of drug-likeness (QED) is 0.348. The summed E-state index contributed by atoms with van der Waals surface area (Å²) in [6.07, 6.45) is -1.33. The largest absolute Gasteiger partial charge is 0.504 e. The van der Waals surface area contributed by atoms with Gasteiger partial charge in [0.15, 0.2) is 12.9 Å². The fourth-order valence-corrected chi connectivity index (χ4v) is 3.22. The third kappa shape index (κ3) is 2.64. The number of aromatic amines is 1. The number of hydrogen-bond acceptors (Lipinski definition) is 7. The average molecular weight is 360 g/mol. The SMILES string of the molecule is C[P+](=O)OC[C@@]12CO[C@@H]([C@H](n3cc(F)c(=O)[nH]c3=O)O1)[C@@H]2N=[N+]=[N-]. The molecule has 24 heavy (non-hydrogen) atoms. The van der Waals surface area contributed by atoms with E-state index in [1.807, 2.05) is 4.98 Å². The van der Waals surface area contributed by atoms with Gasteiger partial charge in [-0.2, -0.15) is 4.39 Å². The fourth-order valence-electron chi connectivity index (χ4n) is 2.82. The van der Waals surface area contributed by atoms with Gasteiger partial charge in [-0.15, -0.1) is 4.52 Å². The highest BCUT2D eigenvalue weighted by atomic mass is 31.1. The van der Waals surface area contributed by atoms with Crippen LogP contribution in [0.1, 0.15) is 6.23 Å². The number of rotatable bonds is 5. The summed E-state index contributed by atoms with van der Waals surface area (Å²) < 4.78 is 41.9. The Balaban J connectivity index is 2.00. The van der Waals surface area contributed by atoms with Gasteiger partial charge in [0.05, 0.1) is 12.8 Å². The van der Waals surface area contributed by atoms with Crippen molar-refractivity contribution in [1.82, 2.24) is 9.55 Å². The summed E-state index contributed by atoms with van der Waals surface area (Å²) in [5.41, 5.74) is 5.43. The van der Waals surface area contributed by atoms with Crippen LogP contribution in [0.15, 0.2) is 20.9 Å².